The Morgan fingerprint density at radius 3 is 1.75 bits per heavy atom. The van der Waals surface area contributed by atoms with Crippen LogP contribution in [0.5, 0.6) is 17.4 Å². The number of carbonyl (C=O) groups is 3. The predicted octanol–water partition coefficient (Wildman–Crippen LogP) is 5.56. The summed E-state index contributed by atoms with van der Waals surface area (Å²) < 4.78 is 33.8. The summed E-state index contributed by atoms with van der Waals surface area (Å²) in [5, 5.41) is 23.4. The maximum atomic E-state index is 12.0. The number of nitrogens with one attached hydrogen (secondary N) is 1. The third-order valence-electron chi connectivity index (χ3n) is 13.2. The van der Waals surface area contributed by atoms with Gasteiger partial charge in [0.05, 0.1) is 46.3 Å². The summed E-state index contributed by atoms with van der Waals surface area (Å²) >= 11 is 20.1. The zero-order valence-electron chi connectivity index (χ0n) is 49.8. The van der Waals surface area contributed by atoms with E-state index in [0.717, 1.165) is 87.7 Å². The van der Waals surface area contributed by atoms with Gasteiger partial charge in [0.15, 0.2) is 25.7 Å². The van der Waals surface area contributed by atoms with E-state index >= 15 is 0 Å². The van der Waals surface area contributed by atoms with Gasteiger partial charge in [-0.2, -0.15) is 0 Å². The fourth-order valence-electron chi connectivity index (χ4n) is 8.72. The zero-order chi connectivity index (χ0) is 61.1. The first-order valence-corrected chi connectivity index (χ1v) is 29.4. The normalized spacial score (nSPS) is 14.1. The van der Waals surface area contributed by atoms with E-state index in [-0.39, 0.29) is 185 Å². The minimum absolute atomic E-state index is 0. The molecule has 4 aromatic carbocycles. The van der Waals surface area contributed by atoms with Gasteiger partial charge in [0.1, 0.15) is 22.6 Å². The van der Waals surface area contributed by atoms with E-state index < -0.39 is 5.41 Å². The van der Waals surface area contributed by atoms with E-state index in [1.54, 1.807) is 47.2 Å². The first-order chi connectivity index (χ1) is 41.9. The molecular formula is C59H61Cl3Cs2N10O12S2. The van der Waals surface area contributed by atoms with Crippen LogP contribution in [-0.4, -0.2) is 124 Å². The van der Waals surface area contributed by atoms with Gasteiger partial charge in [0.2, 0.25) is 5.88 Å². The minimum atomic E-state index is -0.821. The SMILES string of the molecule is CN(c1ccc(Oc2nccnc2C2CCOCC2)cc1)c1nc2ccccc2s1.COC(=O)C1(c2nccnc2Cl)CCOCC1.COC(=O)C1CCOCC1.Clc1nccnc1Cl.O=CO[O-].Oc1ccc(Nc2nc3ccccc3s2)cc1.[Cs+].[Cs+].[H-]. The van der Waals surface area contributed by atoms with Crippen molar-refractivity contribution in [3.63, 3.8) is 0 Å². The number of ether oxygens (including phenoxy) is 6. The average molecular weight is 1540 g/mol. The van der Waals surface area contributed by atoms with Gasteiger partial charge in [0.25, 0.3) is 6.47 Å². The third kappa shape index (κ3) is 22.9. The molecule has 5 aromatic heterocycles. The molecule has 0 amide bonds. The number of halogens is 3. The monoisotopic (exact) mass is 1540 g/mol. The van der Waals surface area contributed by atoms with Crippen LogP contribution in [0.1, 0.15) is 57.3 Å². The smallest absolute Gasteiger partial charge is 1.00 e. The third-order valence-corrected chi connectivity index (χ3v) is 16.1. The van der Waals surface area contributed by atoms with Gasteiger partial charge in [-0.25, -0.2) is 29.9 Å². The largest absolute Gasteiger partial charge is 1.00 e. The van der Waals surface area contributed by atoms with Gasteiger partial charge < -0.3 is 55.3 Å². The van der Waals surface area contributed by atoms with Gasteiger partial charge in [-0.05, 0) is 111 Å². The van der Waals surface area contributed by atoms with E-state index in [1.807, 2.05) is 79.8 Å². The van der Waals surface area contributed by atoms with Crippen molar-refractivity contribution in [2.75, 3.05) is 71.1 Å². The first kappa shape index (κ1) is 75.0. The van der Waals surface area contributed by atoms with Crippen molar-refractivity contribution in [2.45, 2.75) is 49.9 Å². The number of para-hydroxylation sites is 2. The molecular weight excluding hydrogens is 1480 g/mol. The molecule has 88 heavy (non-hydrogen) atoms. The molecule has 0 atom stereocenters. The molecule has 3 aliphatic rings. The average Bonchev–Trinajstić information content (AvgIpc) is 2.25. The molecule has 0 spiro atoms. The number of phenolic OH excluding ortho intramolecular Hbond substituents is 1. The molecule has 22 nitrogen and oxygen atoms in total. The molecule has 0 saturated carbocycles. The maximum Gasteiger partial charge on any atom is 1.00 e. The van der Waals surface area contributed by atoms with Crippen LogP contribution in [0.2, 0.25) is 15.5 Å². The van der Waals surface area contributed by atoms with E-state index in [4.69, 9.17) is 73.5 Å². The van der Waals surface area contributed by atoms with Gasteiger partial charge in [-0.15, -0.1) is 0 Å². The van der Waals surface area contributed by atoms with Gasteiger partial charge in [-0.1, -0.05) is 81.7 Å². The molecule has 3 saturated heterocycles. The summed E-state index contributed by atoms with van der Waals surface area (Å²) in [7, 11) is 4.82. The fraction of sp³-hybridized carbons (Fsp3) is 0.305. The van der Waals surface area contributed by atoms with Crippen LogP contribution < -0.4 is 158 Å². The van der Waals surface area contributed by atoms with Crippen LogP contribution in [0.25, 0.3) is 20.4 Å². The van der Waals surface area contributed by atoms with Crippen molar-refractivity contribution in [1.29, 1.82) is 0 Å². The number of carbonyl (C=O) groups excluding carboxylic acids is 3. The molecule has 9 aromatic rings. The molecule has 0 bridgehead atoms. The second-order valence-electron chi connectivity index (χ2n) is 18.5. The van der Waals surface area contributed by atoms with Crippen LogP contribution in [0.3, 0.4) is 0 Å². The Hall–Kier alpha value is -3.68. The Balaban J connectivity index is 0.000000249. The Labute approximate surface area is 650 Å². The number of rotatable bonds is 11. The molecule has 0 radical (unpaired) electrons. The minimum Gasteiger partial charge on any atom is -1.00 e. The van der Waals surface area contributed by atoms with Crippen molar-refractivity contribution < 1.29 is 197 Å². The van der Waals surface area contributed by atoms with Crippen LogP contribution in [0.4, 0.5) is 21.6 Å². The predicted molar refractivity (Wildman–Crippen MR) is 327 cm³/mol. The number of aromatic hydroxyl groups is 1. The molecule has 454 valence electrons. The van der Waals surface area contributed by atoms with E-state index in [9.17, 15) is 14.7 Å². The Kier molecular flexibility index (Phi) is 34.4. The number of esters is 2. The second kappa shape index (κ2) is 40.3. The fourth-order valence-corrected chi connectivity index (χ4v) is 11.1. The van der Waals surface area contributed by atoms with Crippen molar-refractivity contribution in [3.8, 4) is 17.4 Å². The quantitative estimate of drug-likeness (QED) is 0.0527. The summed E-state index contributed by atoms with van der Waals surface area (Å²) in [6.07, 6.45) is 13.9. The number of anilines is 4. The van der Waals surface area contributed by atoms with Crippen molar-refractivity contribution in [3.05, 3.63) is 161 Å². The topological polar surface area (TPSA) is 277 Å². The number of fused-ring (bicyclic) bond motifs is 2. The van der Waals surface area contributed by atoms with E-state index in [1.165, 1.54) is 43.7 Å². The van der Waals surface area contributed by atoms with Crippen LogP contribution in [0.15, 0.2) is 134 Å². The van der Waals surface area contributed by atoms with Crippen molar-refractivity contribution in [1.82, 2.24) is 39.9 Å². The molecule has 0 unspecified atom stereocenters. The Bertz CT molecular complexity index is 3470. The summed E-state index contributed by atoms with van der Waals surface area (Å²) in [5.41, 5.74) is 4.56. The number of aromatic nitrogens is 8. The van der Waals surface area contributed by atoms with Gasteiger partial charge >= 0.3 is 150 Å². The van der Waals surface area contributed by atoms with Crippen LogP contribution >= 0.6 is 57.5 Å². The van der Waals surface area contributed by atoms with Crippen LogP contribution in [-0.2, 0) is 48.4 Å². The van der Waals surface area contributed by atoms with E-state index in [2.05, 4.69) is 66.9 Å². The summed E-state index contributed by atoms with van der Waals surface area (Å²) in [4.78, 5) is 69.9. The number of hydrogen-bond acceptors (Lipinski definition) is 24. The number of methoxy groups -OCH3 is 2. The standard InChI is InChI=1S/C23H22N4O2S.C13H10N2OS.C11H13ClN2O3.C7H12O3.C4H2Cl2N2.CH2O3.2Cs.H/c1-27(23-26-19-4-2-3-5-20(19)30-23)17-6-8-18(9-7-17)29-22-21(24-12-13-25-22)16-10-14-28-15-11-16;16-10-7-5-9(6-8-10)14-13-15-11-3-1-2-4-12(11)17-13;1-16-10(15)11(2-6-17-7-3-11)8-9(12)14-5-4-13-8;1-9-7(8)6-2-4-10-5-3-6;5-3-4(6)8-2-1-7-3;2-1-4-3;;;/h2-9,12-13,16H,10-11,14-15H2,1H3;1-8,16H,(H,14,15);4-5H,2-3,6-7H2,1H3;6H,2-5H2,1H3;1-2H;1,3H;;;/q;;;;;;2*+1;-1/p-1. The summed E-state index contributed by atoms with van der Waals surface area (Å²) in [6.45, 7) is 3.70. The molecule has 8 heterocycles. The molecule has 29 heteroatoms. The number of benzene rings is 4. The molecule has 2 N–H and O–H groups in total. The van der Waals surface area contributed by atoms with E-state index in [0.29, 0.717) is 56.8 Å². The first-order valence-electron chi connectivity index (χ1n) is 26.7. The number of nitrogens with zero attached hydrogens (tertiary/aromatic N) is 9. The van der Waals surface area contributed by atoms with Crippen LogP contribution in [0, 0.1) is 5.92 Å². The number of hydrogen-bond donors (Lipinski definition) is 2. The van der Waals surface area contributed by atoms with Crippen molar-refractivity contribution >= 4 is 118 Å². The molecule has 12 rings (SSSR count). The van der Waals surface area contributed by atoms with Crippen molar-refractivity contribution in [2.24, 2.45) is 5.92 Å². The Morgan fingerprint density at radius 2 is 1.20 bits per heavy atom. The van der Waals surface area contributed by atoms with Gasteiger partial charge in [0, 0.05) is 101 Å². The molecule has 3 fully saturated rings. The number of phenols is 1. The second-order valence-corrected chi connectivity index (χ2v) is 21.6. The molecule has 3 aliphatic heterocycles. The Morgan fingerprint density at radius 1 is 0.682 bits per heavy atom. The number of thiazole rings is 2. The zero-order valence-corrected chi connectivity index (χ0v) is 65.3. The summed E-state index contributed by atoms with van der Waals surface area (Å²) in [5.74, 6) is 1.57. The molecule has 0 aliphatic carbocycles. The van der Waals surface area contributed by atoms with Gasteiger partial charge in [-0.3, -0.25) is 24.4 Å². The summed E-state index contributed by atoms with van der Waals surface area (Å²) in [6, 6.07) is 31.1. The maximum absolute atomic E-state index is 12.0.